The van der Waals surface area contributed by atoms with Crippen LogP contribution in [0, 0.1) is 11.3 Å². The van der Waals surface area contributed by atoms with Gasteiger partial charge in [-0.2, -0.15) is 5.26 Å². The number of rotatable bonds is 2. The van der Waals surface area contributed by atoms with Crippen LogP contribution < -0.4 is 5.06 Å². The number of benzene rings is 2. The first-order valence-electron chi connectivity index (χ1n) is 6.54. The number of nitriles is 1. The zero-order chi connectivity index (χ0) is 14.8. The summed E-state index contributed by atoms with van der Waals surface area (Å²) in [6.07, 6.45) is 0.119. The maximum atomic E-state index is 9.15. The van der Waals surface area contributed by atoms with Crippen LogP contribution in [0.15, 0.2) is 48.5 Å². The number of nitrogens with zero attached hydrogens (tertiary/aromatic N) is 2. The highest BCUT2D eigenvalue weighted by atomic mass is 35.5. The van der Waals surface area contributed by atoms with Gasteiger partial charge in [-0.05, 0) is 29.8 Å². The van der Waals surface area contributed by atoms with Crippen molar-refractivity contribution in [3.63, 3.8) is 0 Å². The van der Waals surface area contributed by atoms with E-state index in [0.717, 1.165) is 11.3 Å². The zero-order valence-electron chi connectivity index (χ0n) is 11.0. The Kier molecular flexibility index (Phi) is 4.03. The lowest BCUT2D eigenvalue weighted by Crippen LogP contribution is -2.21. The van der Waals surface area contributed by atoms with Gasteiger partial charge in [-0.15, -0.1) is 0 Å². The summed E-state index contributed by atoms with van der Waals surface area (Å²) in [7, 11) is 0. The third-order valence-electron chi connectivity index (χ3n) is 3.44. The molecular formula is C16H12Cl2N2O. The van der Waals surface area contributed by atoms with E-state index >= 15 is 0 Å². The lowest BCUT2D eigenvalue weighted by atomic mass is 10.0. The first-order valence-corrected chi connectivity index (χ1v) is 7.30. The summed E-state index contributed by atoms with van der Waals surface area (Å²) in [6, 6.07) is 17.3. The van der Waals surface area contributed by atoms with E-state index < -0.39 is 6.10 Å². The summed E-state index contributed by atoms with van der Waals surface area (Å²) in [6.45, 7) is 0. The van der Waals surface area contributed by atoms with Gasteiger partial charge in [-0.25, -0.2) is 5.06 Å². The van der Waals surface area contributed by atoms with Crippen molar-refractivity contribution < 1.29 is 4.84 Å². The third-order valence-corrected chi connectivity index (χ3v) is 4.18. The molecule has 0 spiro atoms. The fraction of sp³-hybridized carbons (Fsp3) is 0.188. The molecule has 0 aromatic heterocycles. The molecule has 2 atom stereocenters. The fourth-order valence-electron chi connectivity index (χ4n) is 2.44. The molecular weight excluding hydrogens is 307 g/mol. The molecule has 3 nitrogen and oxygen atoms in total. The molecule has 0 radical (unpaired) electrons. The quantitative estimate of drug-likeness (QED) is 0.800. The highest BCUT2D eigenvalue weighted by molar-refractivity contribution is 6.42. The van der Waals surface area contributed by atoms with Gasteiger partial charge in [0.2, 0.25) is 0 Å². The largest absolute Gasteiger partial charge is 0.254 e. The number of hydrogen-bond acceptors (Lipinski definition) is 3. The van der Waals surface area contributed by atoms with Gasteiger partial charge in [0.05, 0.1) is 27.8 Å². The first-order chi connectivity index (χ1) is 10.2. The average Bonchev–Trinajstić information content (AvgIpc) is 2.95. The predicted molar refractivity (Wildman–Crippen MR) is 83.2 cm³/mol. The molecule has 5 heteroatoms. The van der Waals surface area contributed by atoms with E-state index in [1.54, 1.807) is 11.1 Å². The maximum Gasteiger partial charge on any atom is 0.174 e. The smallest absolute Gasteiger partial charge is 0.174 e. The first kappa shape index (κ1) is 14.2. The molecule has 106 valence electrons. The molecule has 0 N–H and O–H groups in total. The Hall–Kier alpha value is -1.73. The molecule has 0 aliphatic carbocycles. The molecule has 1 saturated heterocycles. The van der Waals surface area contributed by atoms with Crippen molar-refractivity contribution in [1.29, 1.82) is 5.26 Å². The lowest BCUT2D eigenvalue weighted by molar-refractivity contribution is 0.118. The summed E-state index contributed by atoms with van der Waals surface area (Å²) in [5.74, 6) is 0. The summed E-state index contributed by atoms with van der Waals surface area (Å²) in [5, 5.41) is 11.9. The van der Waals surface area contributed by atoms with Crippen LogP contribution in [0.1, 0.15) is 18.0 Å². The number of hydrogen-bond donors (Lipinski definition) is 0. The third kappa shape index (κ3) is 2.84. The summed E-state index contributed by atoms with van der Waals surface area (Å²) in [4.78, 5) is 5.73. The van der Waals surface area contributed by atoms with Gasteiger partial charge in [-0.1, -0.05) is 47.5 Å². The molecule has 0 bridgehead atoms. The van der Waals surface area contributed by atoms with Crippen molar-refractivity contribution in [3.05, 3.63) is 64.1 Å². The average molecular weight is 319 g/mol. The SMILES string of the molecule is N#C[C@H]1C[C@@H](c2ccc(Cl)c(Cl)c2)N(c2ccccc2)O1. The molecule has 1 heterocycles. The molecule has 2 aromatic carbocycles. The van der Waals surface area contributed by atoms with Crippen LogP contribution in [0.2, 0.25) is 10.0 Å². The lowest BCUT2D eigenvalue weighted by Gasteiger charge is -2.24. The summed E-state index contributed by atoms with van der Waals surface area (Å²) in [5.41, 5.74) is 1.89. The second-order valence-corrected chi connectivity index (χ2v) is 5.62. The topological polar surface area (TPSA) is 36.3 Å². The Balaban J connectivity index is 1.98. The van der Waals surface area contributed by atoms with Gasteiger partial charge < -0.3 is 0 Å². The van der Waals surface area contributed by atoms with E-state index in [1.165, 1.54) is 0 Å². The Bertz CT molecular complexity index is 684. The van der Waals surface area contributed by atoms with E-state index in [9.17, 15) is 0 Å². The Labute approximate surface area is 133 Å². The van der Waals surface area contributed by atoms with Crippen LogP contribution >= 0.6 is 23.2 Å². The molecule has 21 heavy (non-hydrogen) atoms. The van der Waals surface area contributed by atoms with Crippen molar-refractivity contribution in [3.8, 4) is 6.07 Å². The van der Waals surface area contributed by atoms with Crippen LogP contribution in [0.5, 0.6) is 0 Å². The molecule has 0 saturated carbocycles. The monoisotopic (exact) mass is 318 g/mol. The molecule has 1 aliphatic heterocycles. The second-order valence-electron chi connectivity index (χ2n) is 4.81. The minimum Gasteiger partial charge on any atom is -0.254 e. The van der Waals surface area contributed by atoms with Crippen LogP contribution in [0.4, 0.5) is 5.69 Å². The molecule has 3 rings (SSSR count). The molecule has 0 amide bonds. The molecule has 2 aromatic rings. The minimum absolute atomic E-state index is 0.0631. The van der Waals surface area contributed by atoms with Crippen molar-refractivity contribution >= 4 is 28.9 Å². The Morgan fingerprint density at radius 1 is 1.10 bits per heavy atom. The fourth-order valence-corrected chi connectivity index (χ4v) is 2.74. The van der Waals surface area contributed by atoms with Crippen LogP contribution in [0.3, 0.4) is 0 Å². The number of halogens is 2. The van der Waals surface area contributed by atoms with E-state index in [-0.39, 0.29) is 6.04 Å². The van der Waals surface area contributed by atoms with Crippen molar-refractivity contribution in [2.24, 2.45) is 0 Å². The minimum atomic E-state index is -0.468. The van der Waals surface area contributed by atoms with Crippen molar-refractivity contribution in [2.45, 2.75) is 18.6 Å². The molecule has 0 unspecified atom stereocenters. The normalized spacial score (nSPS) is 21.3. The van der Waals surface area contributed by atoms with E-state index in [0.29, 0.717) is 16.5 Å². The molecule has 1 fully saturated rings. The van der Waals surface area contributed by atoms with Gasteiger partial charge in [0.1, 0.15) is 0 Å². The van der Waals surface area contributed by atoms with Crippen LogP contribution in [0.25, 0.3) is 0 Å². The number of para-hydroxylation sites is 1. The molecule has 1 aliphatic rings. The predicted octanol–water partition coefficient (Wildman–Crippen LogP) is 4.77. The maximum absolute atomic E-state index is 9.15. The highest BCUT2D eigenvalue weighted by Crippen LogP contribution is 2.39. The van der Waals surface area contributed by atoms with Gasteiger partial charge in [0.25, 0.3) is 0 Å². The Morgan fingerprint density at radius 2 is 1.86 bits per heavy atom. The van der Waals surface area contributed by atoms with Crippen molar-refractivity contribution in [1.82, 2.24) is 0 Å². The van der Waals surface area contributed by atoms with Gasteiger partial charge in [-0.3, -0.25) is 4.84 Å². The van der Waals surface area contributed by atoms with Gasteiger partial charge in [0.15, 0.2) is 6.10 Å². The standard InChI is InChI=1S/C16H12Cl2N2O/c17-14-7-6-11(8-15(14)18)16-9-13(10-19)21-20(16)12-4-2-1-3-5-12/h1-8,13,16H,9H2/t13-,16+/m1/s1. The van der Waals surface area contributed by atoms with Gasteiger partial charge in [0, 0.05) is 6.42 Å². The van der Waals surface area contributed by atoms with E-state index in [2.05, 4.69) is 6.07 Å². The highest BCUT2D eigenvalue weighted by Gasteiger charge is 2.35. The number of anilines is 1. The van der Waals surface area contributed by atoms with E-state index in [1.807, 2.05) is 42.5 Å². The van der Waals surface area contributed by atoms with Crippen molar-refractivity contribution in [2.75, 3.05) is 5.06 Å². The summed E-state index contributed by atoms with van der Waals surface area (Å²) >= 11 is 12.1. The number of hydroxylamine groups is 1. The summed E-state index contributed by atoms with van der Waals surface area (Å²) < 4.78 is 0. The van der Waals surface area contributed by atoms with Crippen LogP contribution in [-0.2, 0) is 4.84 Å². The van der Waals surface area contributed by atoms with Gasteiger partial charge >= 0.3 is 0 Å². The van der Waals surface area contributed by atoms with E-state index in [4.69, 9.17) is 33.3 Å². The van der Waals surface area contributed by atoms with Crippen LogP contribution in [-0.4, -0.2) is 6.10 Å². The Morgan fingerprint density at radius 3 is 2.52 bits per heavy atom. The second kappa shape index (κ2) is 5.95. The zero-order valence-corrected chi connectivity index (χ0v) is 12.6.